The quantitative estimate of drug-likeness (QED) is 0.116. The van der Waals surface area contributed by atoms with Crippen molar-refractivity contribution >= 4 is 62.4 Å². The van der Waals surface area contributed by atoms with Crippen molar-refractivity contribution in [2.24, 2.45) is 25.4 Å². The molecule has 0 radical (unpaired) electrons. The van der Waals surface area contributed by atoms with Gasteiger partial charge >= 0.3 is 5.92 Å². The van der Waals surface area contributed by atoms with Crippen molar-refractivity contribution in [1.82, 2.24) is 34.5 Å². The van der Waals surface area contributed by atoms with Crippen LogP contribution < -0.4 is 36.0 Å². The third-order valence-electron chi connectivity index (χ3n) is 15.2. The van der Waals surface area contributed by atoms with Gasteiger partial charge in [-0.3, -0.25) is 24.4 Å². The first-order valence-electron chi connectivity index (χ1n) is 23.4. The lowest BCUT2D eigenvalue weighted by molar-refractivity contribution is -0.134. The summed E-state index contributed by atoms with van der Waals surface area (Å²) in [7, 11) is 3.25. The molecule has 4 saturated heterocycles. The van der Waals surface area contributed by atoms with Gasteiger partial charge in [0.25, 0.3) is 5.56 Å². The molecule has 1 atom stereocenters. The second-order valence-corrected chi connectivity index (χ2v) is 19.4. The van der Waals surface area contributed by atoms with Crippen LogP contribution in [-0.4, -0.2) is 99.4 Å². The zero-order chi connectivity index (χ0) is 46.4. The van der Waals surface area contributed by atoms with E-state index in [4.69, 9.17) is 4.74 Å². The molecule has 11 rings (SSSR count). The Balaban J connectivity index is 0.693. The number of fused-ring (bicyclic) bond motifs is 4. The molecule has 19 heteroatoms. The number of hydrogen-bond acceptors (Lipinski definition) is 12. The smallest absolute Gasteiger partial charge is 0.320 e. The Labute approximate surface area is 383 Å². The molecule has 15 nitrogen and oxygen atoms in total. The molecule has 3 aromatic heterocycles. The van der Waals surface area contributed by atoms with Crippen LogP contribution in [0.25, 0.3) is 21.8 Å². The largest absolute Gasteiger partial charge is 0.479 e. The number of nitrogens with zero attached hydrogens (tertiary/aromatic N) is 8. The number of aromatic nitrogens is 5. The Morgan fingerprint density at radius 3 is 2.34 bits per heavy atom. The first-order chi connectivity index (χ1) is 32.2. The molecule has 5 aliphatic heterocycles. The van der Waals surface area contributed by atoms with Crippen LogP contribution in [0.4, 0.5) is 46.4 Å². The maximum atomic E-state index is 16.2. The molecular formula is C48H53F4N11O4. The highest BCUT2D eigenvalue weighted by molar-refractivity contribution is 6.03. The number of alkyl halides is 2. The SMILES string of the molecule is Cn1nc(C2CCC(=O)NC2=O)c2ccc(N3CCC(CN4CCC5(CC4)CCN(c4ncc(F)c(Nc6ccc7c(c6)c6c(c(=O)n7C)OCC(F)(F)C(=C7CC7)N6)n4)CC5)CC3)c(F)c21. The molecule has 1 spiro atoms. The van der Waals surface area contributed by atoms with Gasteiger partial charge in [-0.15, -0.1) is 0 Å². The van der Waals surface area contributed by atoms with Gasteiger partial charge in [0.1, 0.15) is 5.52 Å². The van der Waals surface area contributed by atoms with Crippen molar-refractivity contribution < 1.29 is 31.9 Å². The topological polar surface area (TPSA) is 155 Å². The number of halogens is 4. The van der Waals surface area contributed by atoms with Crippen LogP contribution in [0.3, 0.4) is 0 Å². The number of carbonyl (C=O) groups excluding carboxylic acids is 2. The highest BCUT2D eigenvalue weighted by Gasteiger charge is 2.44. The zero-order valence-electron chi connectivity index (χ0n) is 37.6. The van der Waals surface area contributed by atoms with E-state index in [1.54, 1.807) is 38.4 Å². The van der Waals surface area contributed by atoms with Crippen molar-refractivity contribution in [3.8, 4) is 5.75 Å². The van der Waals surface area contributed by atoms with Crippen molar-refractivity contribution in [2.45, 2.75) is 76.0 Å². The maximum absolute atomic E-state index is 16.2. The number of likely N-dealkylation sites (tertiary alicyclic amines) is 1. The molecule has 6 aliphatic rings. The molecule has 1 saturated carbocycles. The van der Waals surface area contributed by atoms with Crippen LogP contribution in [0, 0.1) is 23.0 Å². The van der Waals surface area contributed by atoms with E-state index in [0.29, 0.717) is 75.6 Å². The fraction of sp³-hybridized carbons (Fsp3) is 0.500. The number of aryl methyl sites for hydroxylation is 2. The monoisotopic (exact) mass is 923 g/mol. The Morgan fingerprint density at radius 2 is 1.61 bits per heavy atom. The summed E-state index contributed by atoms with van der Waals surface area (Å²) in [4.78, 5) is 53.4. The van der Waals surface area contributed by atoms with Gasteiger partial charge in [0.2, 0.25) is 23.5 Å². The van der Waals surface area contributed by atoms with Crippen LogP contribution in [0.1, 0.15) is 75.8 Å². The Morgan fingerprint density at radius 1 is 0.866 bits per heavy atom. The predicted octanol–water partition coefficient (Wildman–Crippen LogP) is 6.84. The number of anilines is 5. The van der Waals surface area contributed by atoms with E-state index in [0.717, 1.165) is 90.5 Å². The van der Waals surface area contributed by atoms with Gasteiger partial charge in [0.05, 0.1) is 40.4 Å². The molecular weight excluding hydrogens is 871 g/mol. The van der Waals surface area contributed by atoms with E-state index in [1.165, 1.54) is 9.25 Å². The third-order valence-corrected chi connectivity index (χ3v) is 15.2. The van der Waals surface area contributed by atoms with Crippen molar-refractivity contribution in [1.29, 1.82) is 0 Å². The second kappa shape index (κ2) is 16.5. The van der Waals surface area contributed by atoms with Gasteiger partial charge in [-0.25, -0.2) is 13.8 Å². The molecule has 0 bridgehead atoms. The van der Waals surface area contributed by atoms with Gasteiger partial charge in [-0.05, 0) is 118 Å². The Bertz CT molecular complexity index is 2920. The minimum absolute atomic E-state index is 0.0172. The highest BCUT2D eigenvalue weighted by atomic mass is 19.3. The molecule has 2 amide bonds. The van der Waals surface area contributed by atoms with Gasteiger partial charge in [-0.1, -0.05) is 0 Å². The number of piperidine rings is 4. The number of nitrogens with one attached hydrogen (secondary N) is 3. The Hall–Kier alpha value is -6.24. The van der Waals surface area contributed by atoms with Crippen LogP contribution in [0.2, 0.25) is 0 Å². The third kappa shape index (κ3) is 7.91. The van der Waals surface area contributed by atoms with Gasteiger partial charge in [-0.2, -0.15) is 18.9 Å². The number of amides is 2. The molecule has 2 aromatic carbocycles. The molecule has 1 aliphatic carbocycles. The summed E-state index contributed by atoms with van der Waals surface area (Å²) < 4.78 is 70.1. The summed E-state index contributed by atoms with van der Waals surface area (Å²) in [5.74, 6) is -4.80. The average Bonchev–Trinajstić information content (AvgIpc) is 4.12. The fourth-order valence-corrected chi connectivity index (χ4v) is 11.1. The molecule has 5 aromatic rings. The lowest BCUT2D eigenvalue weighted by Gasteiger charge is -2.47. The maximum Gasteiger partial charge on any atom is 0.320 e. The summed E-state index contributed by atoms with van der Waals surface area (Å²) in [5, 5.41) is 13.9. The Kier molecular flexibility index (Phi) is 10.7. The van der Waals surface area contributed by atoms with Crippen LogP contribution in [-0.2, 0) is 23.7 Å². The van der Waals surface area contributed by atoms with Gasteiger partial charge < -0.3 is 34.6 Å². The molecule has 1 unspecified atom stereocenters. The van der Waals surface area contributed by atoms with Crippen LogP contribution in [0.15, 0.2) is 52.6 Å². The summed E-state index contributed by atoms with van der Waals surface area (Å²) in [5.41, 5.74) is 2.59. The molecule has 352 valence electrons. The number of rotatable bonds is 7. The number of hydrogen-bond donors (Lipinski definition) is 3. The second-order valence-electron chi connectivity index (χ2n) is 19.4. The molecule has 67 heavy (non-hydrogen) atoms. The zero-order valence-corrected chi connectivity index (χ0v) is 37.6. The van der Waals surface area contributed by atoms with E-state index in [9.17, 15) is 14.4 Å². The average molecular weight is 924 g/mol. The lowest BCUT2D eigenvalue weighted by Crippen LogP contribution is -2.48. The van der Waals surface area contributed by atoms with Crippen molar-refractivity contribution in [2.75, 3.05) is 72.9 Å². The molecule has 8 heterocycles. The first kappa shape index (κ1) is 43.3. The van der Waals surface area contributed by atoms with Gasteiger partial charge in [0.15, 0.2) is 24.1 Å². The predicted molar refractivity (Wildman–Crippen MR) is 245 cm³/mol. The van der Waals surface area contributed by atoms with E-state index >= 15 is 17.6 Å². The minimum Gasteiger partial charge on any atom is -0.479 e. The minimum atomic E-state index is -3.29. The standard InChI is InChI=1S/C48H53F4N11O4/c1-59-34-8-5-29(23-32(34)39-41(45(59)66)67-26-48(51,52)42(56-39)28-3-4-28)54-43-33(49)24-53-46(57-43)63-21-15-47(16-22-63)13-19-61(20-14-47)25-27-11-17-62(18-12-27)35-9-6-30-38(58-60(2)40(30)37(35)50)31-7-10-36(64)55-44(31)65/h5-6,8-9,23-24,27,31,56H,3-4,7,10-22,25-26H2,1-2H3,(H,53,54,57)(H,55,64,65). The van der Waals surface area contributed by atoms with Crippen LogP contribution in [0.5, 0.6) is 5.75 Å². The van der Waals surface area contributed by atoms with E-state index < -0.39 is 29.8 Å². The highest BCUT2D eigenvalue weighted by Crippen LogP contribution is 2.46. The van der Waals surface area contributed by atoms with E-state index in [-0.39, 0.29) is 52.4 Å². The van der Waals surface area contributed by atoms with Crippen molar-refractivity contribution in [3.05, 3.63) is 75.5 Å². The van der Waals surface area contributed by atoms with Gasteiger partial charge in [0, 0.05) is 69.7 Å². The van der Waals surface area contributed by atoms with Crippen LogP contribution >= 0.6 is 0 Å². The molecule has 5 fully saturated rings. The van der Waals surface area contributed by atoms with E-state index in [1.807, 2.05) is 6.07 Å². The lowest BCUT2D eigenvalue weighted by atomic mass is 9.71. The summed E-state index contributed by atoms with van der Waals surface area (Å²) in [6, 6.07) is 8.72. The number of ether oxygens (including phenoxy) is 1. The van der Waals surface area contributed by atoms with Crippen molar-refractivity contribution in [3.63, 3.8) is 0 Å². The normalized spacial score (nSPS) is 22.1. The molecule has 3 N–H and O–H groups in total. The number of carbonyl (C=O) groups is 2. The fourth-order valence-electron chi connectivity index (χ4n) is 11.1. The summed E-state index contributed by atoms with van der Waals surface area (Å²) in [6.07, 6.45) is 8.94. The van der Waals surface area contributed by atoms with E-state index in [2.05, 4.69) is 45.7 Å². The number of pyridine rings is 1. The number of imide groups is 1. The first-order valence-corrected chi connectivity index (χ1v) is 23.4. The number of benzene rings is 2. The summed E-state index contributed by atoms with van der Waals surface area (Å²) >= 11 is 0. The number of allylic oxidation sites excluding steroid dienone is 1. The summed E-state index contributed by atoms with van der Waals surface area (Å²) in [6.45, 7) is 5.11.